The van der Waals surface area contributed by atoms with Crippen LogP contribution in [0.3, 0.4) is 0 Å². The standard InChI is InChI=1S/C24H32FN3O2S/c1-18(2)24(29)27-21-8-5-7-20(17-21)19-11-15-28(16-12-19)14-6-13-26-31(30)23-10-4-3-9-22(23)25/h3-5,7-10,17-19,26H,6,11-16H2,1-2H3,(H,27,29). The molecule has 168 valence electrons. The van der Waals surface area contributed by atoms with Crippen molar-refractivity contribution in [2.45, 2.75) is 43.9 Å². The number of hydrogen-bond donors (Lipinski definition) is 2. The summed E-state index contributed by atoms with van der Waals surface area (Å²) in [5.74, 6) is 0.0594. The van der Waals surface area contributed by atoms with E-state index in [0.29, 0.717) is 12.5 Å². The molecule has 1 fully saturated rings. The number of likely N-dealkylation sites (tertiary alicyclic amines) is 1. The first-order valence-electron chi connectivity index (χ1n) is 11.0. The number of benzene rings is 2. The lowest BCUT2D eigenvalue weighted by Crippen LogP contribution is -2.35. The third-order valence-electron chi connectivity index (χ3n) is 5.66. The number of carbonyl (C=O) groups excluding carboxylic acids is 1. The maximum atomic E-state index is 13.7. The predicted octanol–water partition coefficient (Wildman–Crippen LogP) is 4.30. The summed E-state index contributed by atoms with van der Waals surface area (Å²) < 4.78 is 28.8. The lowest BCUT2D eigenvalue weighted by molar-refractivity contribution is -0.118. The Bertz CT molecular complexity index is 898. The van der Waals surface area contributed by atoms with E-state index in [1.807, 2.05) is 26.0 Å². The van der Waals surface area contributed by atoms with Gasteiger partial charge in [0.15, 0.2) is 0 Å². The summed E-state index contributed by atoms with van der Waals surface area (Å²) in [6, 6.07) is 14.4. The van der Waals surface area contributed by atoms with Gasteiger partial charge in [0, 0.05) is 18.2 Å². The highest BCUT2D eigenvalue weighted by Gasteiger charge is 2.21. The normalized spacial score (nSPS) is 16.4. The molecular formula is C24H32FN3O2S. The number of piperidine rings is 1. The van der Waals surface area contributed by atoms with E-state index < -0.39 is 16.8 Å². The van der Waals surface area contributed by atoms with E-state index in [1.54, 1.807) is 18.2 Å². The van der Waals surface area contributed by atoms with Crippen LogP contribution in [0.5, 0.6) is 0 Å². The van der Waals surface area contributed by atoms with Crippen LogP contribution in [0.25, 0.3) is 0 Å². The van der Waals surface area contributed by atoms with Crippen LogP contribution in [-0.2, 0) is 15.8 Å². The zero-order chi connectivity index (χ0) is 22.2. The van der Waals surface area contributed by atoms with E-state index in [4.69, 9.17) is 0 Å². The van der Waals surface area contributed by atoms with E-state index in [-0.39, 0.29) is 16.7 Å². The molecule has 1 saturated heterocycles. The van der Waals surface area contributed by atoms with Crippen LogP contribution in [0.4, 0.5) is 10.1 Å². The number of rotatable bonds is 9. The molecule has 5 nitrogen and oxygen atoms in total. The highest BCUT2D eigenvalue weighted by molar-refractivity contribution is 7.83. The molecule has 0 bridgehead atoms. The molecule has 0 radical (unpaired) electrons. The summed E-state index contributed by atoms with van der Waals surface area (Å²) in [5.41, 5.74) is 2.15. The van der Waals surface area contributed by atoms with Crippen molar-refractivity contribution in [3.8, 4) is 0 Å². The average molecular weight is 446 g/mol. The highest BCUT2D eigenvalue weighted by Crippen LogP contribution is 2.29. The van der Waals surface area contributed by atoms with E-state index in [0.717, 1.165) is 44.6 Å². The van der Waals surface area contributed by atoms with Crippen LogP contribution in [0, 0.1) is 11.7 Å². The van der Waals surface area contributed by atoms with Crippen LogP contribution in [0.2, 0.25) is 0 Å². The van der Waals surface area contributed by atoms with E-state index >= 15 is 0 Å². The first kappa shape index (κ1) is 23.6. The van der Waals surface area contributed by atoms with Crippen LogP contribution < -0.4 is 10.0 Å². The van der Waals surface area contributed by atoms with Gasteiger partial charge in [-0.05, 0) is 74.6 Å². The Kier molecular flexibility index (Phi) is 8.75. The molecule has 7 heteroatoms. The monoisotopic (exact) mass is 445 g/mol. The van der Waals surface area contributed by atoms with Gasteiger partial charge in [-0.25, -0.2) is 13.3 Å². The topological polar surface area (TPSA) is 61.4 Å². The van der Waals surface area contributed by atoms with Crippen molar-refractivity contribution >= 4 is 22.6 Å². The lowest BCUT2D eigenvalue weighted by atomic mass is 9.89. The van der Waals surface area contributed by atoms with Gasteiger partial charge < -0.3 is 10.2 Å². The van der Waals surface area contributed by atoms with Crippen molar-refractivity contribution < 1.29 is 13.4 Å². The van der Waals surface area contributed by atoms with Gasteiger partial charge in [0.1, 0.15) is 16.8 Å². The first-order chi connectivity index (χ1) is 14.9. The number of anilines is 1. The molecule has 0 aromatic heterocycles. The second kappa shape index (κ2) is 11.5. The fraction of sp³-hybridized carbons (Fsp3) is 0.458. The zero-order valence-corrected chi connectivity index (χ0v) is 19.1. The zero-order valence-electron chi connectivity index (χ0n) is 18.3. The Morgan fingerprint density at radius 1 is 1.16 bits per heavy atom. The fourth-order valence-electron chi connectivity index (χ4n) is 3.79. The highest BCUT2D eigenvalue weighted by atomic mass is 32.2. The minimum atomic E-state index is -1.52. The van der Waals surface area contributed by atoms with Gasteiger partial charge in [-0.3, -0.25) is 4.79 Å². The molecule has 1 amide bonds. The third kappa shape index (κ3) is 6.95. The van der Waals surface area contributed by atoms with E-state index in [1.165, 1.54) is 11.6 Å². The number of nitrogens with zero attached hydrogens (tertiary/aromatic N) is 1. The molecule has 1 atom stereocenters. The molecule has 2 aromatic carbocycles. The Balaban J connectivity index is 1.39. The molecule has 1 unspecified atom stereocenters. The van der Waals surface area contributed by atoms with Gasteiger partial charge in [0.25, 0.3) is 0 Å². The van der Waals surface area contributed by atoms with Gasteiger partial charge in [-0.15, -0.1) is 0 Å². The molecule has 0 saturated carbocycles. The molecule has 1 heterocycles. The van der Waals surface area contributed by atoms with Crippen LogP contribution in [0.15, 0.2) is 53.4 Å². The average Bonchev–Trinajstić information content (AvgIpc) is 2.77. The Hall–Kier alpha value is -2.09. The van der Waals surface area contributed by atoms with Crippen molar-refractivity contribution in [2.75, 3.05) is 31.5 Å². The first-order valence-corrected chi connectivity index (χ1v) is 12.1. The van der Waals surface area contributed by atoms with Gasteiger partial charge in [-0.1, -0.05) is 38.1 Å². The predicted molar refractivity (Wildman–Crippen MR) is 124 cm³/mol. The fourth-order valence-corrected chi connectivity index (χ4v) is 4.72. The SMILES string of the molecule is CC(C)C(=O)Nc1cccc(C2CCN(CCCNS(=O)c3ccccc3F)CC2)c1. The van der Waals surface area contributed by atoms with Crippen molar-refractivity contribution in [1.82, 2.24) is 9.62 Å². The van der Waals surface area contributed by atoms with Crippen molar-refractivity contribution in [1.29, 1.82) is 0 Å². The van der Waals surface area contributed by atoms with Crippen LogP contribution in [0.1, 0.15) is 44.6 Å². The van der Waals surface area contributed by atoms with Crippen molar-refractivity contribution in [2.24, 2.45) is 5.92 Å². The minimum absolute atomic E-state index is 0.0365. The summed E-state index contributed by atoms with van der Waals surface area (Å²) in [5, 5.41) is 2.98. The Labute approximate surface area is 187 Å². The quantitative estimate of drug-likeness (QED) is 0.566. The number of amides is 1. The molecule has 1 aliphatic heterocycles. The van der Waals surface area contributed by atoms with E-state index in [9.17, 15) is 13.4 Å². The maximum Gasteiger partial charge on any atom is 0.226 e. The number of halogens is 1. The summed E-state index contributed by atoms with van der Waals surface area (Å²) in [6.45, 7) is 7.33. The summed E-state index contributed by atoms with van der Waals surface area (Å²) in [4.78, 5) is 14.6. The smallest absolute Gasteiger partial charge is 0.226 e. The Morgan fingerprint density at radius 3 is 2.61 bits per heavy atom. The summed E-state index contributed by atoms with van der Waals surface area (Å²) in [6.07, 6.45) is 3.02. The molecule has 3 rings (SSSR count). The largest absolute Gasteiger partial charge is 0.326 e. The van der Waals surface area contributed by atoms with E-state index in [2.05, 4.69) is 27.1 Å². The van der Waals surface area contributed by atoms with Crippen molar-refractivity contribution in [3.63, 3.8) is 0 Å². The van der Waals surface area contributed by atoms with Gasteiger partial charge in [0.2, 0.25) is 5.91 Å². The number of carbonyl (C=O) groups is 1. The van der Waals surface area contributed by atoms with Crippen LogP contribution in [-0.4, -0.2) is 41.2 Å². The molecule has 2 N–H and O–H groups in total. The van der Waals surface area contributed by atoms with Gasteiger partial charge in [-0.2, -0.15) is 0 Å². The van der Waals surface area contributed by atoms with Crippen LogP contribution >= 0.6 is 0 Å². The number of nitrogens with one attached hydrogen (secondary N) is 2. The molecule has 0 spiro atoms. The molecule has 1 aliphatic rings. The second-order valence-corrected chi connectivity index (χ2v) is 9.60. The minimum Gasteiger partial charge on any atom is -0.326 e. The Morgan fingerprint density at radius 2 is 1.90 bits per heavy atom. The van der Waals surface area contributed by atoms with Gasteiger partial charge >= 0.3 is 0 Å². The molecule has 0 aliphatic carbocycles. The molecule has 31 heavy (non-hydrogen) atoms. The summed E-state index contributed by atoms with van der Waals surface area (Å²) in [7, 11) is -1.52. The summed E-state index contributed by atoms with van der Waals surface area (Å²) >= 11 is 0. The molecule has 2 aromatic rings. The maximum absolute atomic E-state index is 13.7. The molecular weight excluding hydrogens is 413 g/mol. The number of hydrogen-bond acceptors (Lipinski definition) is 3. The second-order valence-electron chi connectivity index (χ2n) is 8.33. The van der Waals surface area contributed by atoms with Crippen molar-refractivity contribution in [3.05, 3.63) is 59.9 Å². The van der Waals surface area contributed by atoms with Gasteiger partial charge in [0.05, 0.1) is 4.90 Å². The third-order valence-corrected chi connectivity index (χ3v) is 6.86. The lowest BCUT2D eigenvalue weighted by Gasteiger charge is -2.32.